The number of aromatic nitrogens is 3. The normalized spacial score (nSPS) is 10.1. The standard InChI is InChI=1S/C10H9N3O/c1-8-2-4-9(5-3-8)13-10(14)11-6-7-12-13/h2-7H,1H3. The number of hydrogen-bond acceptors (Lipinski definition) is 3. The molecule has 0 fully saturated rings. The largest absolute Gasteiger partial charge is 0.368 e. The molecule has 0 unspecified atom stereocenters. The number of nitrogens with zero attached hydrogens (tertiary/aromatic N) is 3. The molecule has 0 N–H and O–H groups in total. The lowest BCUT2D eigenvalue weighted by Gasteiger charge is -2.01. The molecule has 0 bridgehead atoms. The summed E-state index contributed by atoms with van der Waals surface area (Å²) in [6, 6.07) is 7.53. The summed E-state index contributed by atoms with van der Waals surface area (Å²) in [5, 5.41) is 3.92. The van der Waals surface area contributed by atoms with Gasteiger partial charge in [-0.2, -0.15) is 14.8 Å². The van der Waals surface area contributed by atoms with Crippen LogP contribution in [-0.4, -0.2) is 14.8 Å². The molecular weight excluding hydrogens is 178 g/mol. The van der Waals surface area contributed by atoms with E-state index in [0.717, 1.165) is 11.3 Å². The molecule has 4 nitrogen and oxygen atoms in total. The molecule has 2 rings (SSSR count). The highest BCUT2D eigenvalue weighted by atomic mass is 16.1. The quantitative estimate of drug-likeness (QED) is 0.667. The summed E-state index contributed by atoms with van der Waals surface area (Å²) in [6.07, 6.45) is 2.87. The predicted octanol–water partition coefficient (Wildman–Crippen LogP) is 0.936. The van der Waals surface area contributed by atoms with Gasteiger partial charge in [0.15, 0.2) is 0 Å². The van der Waals surface area contributed by atoms with Crippen molar-refractivity contribution < 1.29 is 0 Å². The average Bonchev–Trinajstić information content (AvgIpc) is 2.20. The molecule has 4 heteroatoms. The molecule has 0 atom stereocenters. The Balaban J connectivity index is 2.56. The molecule has 1 heterocycles. The average molecular weight is 187 g/mol. The van der Waals surface area contributed by atoms with Crippen molar-refractivity contribution >= 4 is 0 Å². The molecular formula is C10H9N3O. The van der Waals surface area contributed by atoms with Gasteiger partial charge in [0.2, 0.25) is 0 Å². The Morgan fingerprint density at radius 3 is 2.50 bits per heavy atom. The smallest absolute Gasteiger partial charge is 0.244 e. The van der Waals surface area contributed by atoms with E-state index in [1.165, 1.54) is 17.1 Å². The highest BCUT2D eigenvalue weighted by molar-refractivity contribution is 5.32. The zero-order chi connectivity index (χ0) is 9.97. The van der Waals surface area contributed by atoms with E-state index in [1.54, 1.807) is 0 Å². The second-order valence-electron chi connectivity index (χ2n) is 2.97. The predicted molar refractivity (Wildman–Crippen MR) is 52.4 cm³/mol. The summed E-state index contributed by atoms with van der Waals surface area (Å²) in [5.74, 6) is 0. The Morgan fingerprint density at radius 1 is 1.14 bits per heavy atom. The van der Waals surface area contributed by atoms with Crippen molar-refractivity contribution in [3.63, 3.8) is 0 Å². The van der Waals surface area contributed by atoms with Crippen LogP contribution in [0.15, 0.2) is 41.5 Å². The van der Waals surface area contributed by atoms with E-state index in [2.05, 4.69) is 10.1 Å². The molecule has 0 radical (unpaired) electrons. The zero-order valence-corrected chi connectivity index (χ0v) is 7.71. The summed E-state index contributed by atoms with van der Waals surface area (Å²) in [5.41, 5.74) is 1.51. The van der Waals surface area contributed by atoms with Gasteiger partial charge in [-0.1, -0.05) is 17.7 Å². The number of rotatable bonds is 1. The molecule has 70 valence electrons. The van der Waals surface area contributed by atoms with E-state index in [1.807, 2.05) is 31.2 Å². The molecule has 0 spiro atoms. The molecule has 14 heavy (non-hydrogen) atoms. The van der Waals surface area contributed by atoms with Crippen molar-refractivity contribution in [2.45, 2.75) is 6.92 Å². The fraction of sp³-hybridized carbons (Fsp3) is 0.100. The molecule has 0 aliphatic rings. The number of benzene rings is 1. The third-order valence-corrected chi connectivity index (χ3v) is 1.89. The van der Waals surface area contributed by atoms with Crippen molar-refractivity contribution in [2.24, 2.45) is 0 Å². The fourth-order valence-electron chi connectivity index (χ4n) is 1.16. The van der Waals surface area contributed by atoms with Crippen LogP contribution in [0.2, 0.25) is 0 Å². The van der Waals surface area contributed by atoms with Gasteiger partial charge >= 0.3 is 5.69 Å². The minimum Gasteiger partial charge on any atom is -0.244 e. The number of hydrogen-bond donors (Lipinski definition) is 0. The second-order valence-corrected chi connectivity index (χ2v) is 2.97. The van der Waals surface area contributed by atoms with Crippen molar-refractivity contribution in [3.8, 4) is 5.69 Å². The van der Waals surface area contributed by atoms with Gasteiger partial charge in [0, 0.05) is 0 Å². The topological polar surface area (TPSA) is 47.8 Å². The van der Waals surface area contributed by atoms with Crippen molar-refractivity contribution in [3.05, 3.63) is 52.7 Å². The van der Waals surface area contributed by atoms with Gasteiger partial charge in [-0.05, 0) is 19.1 Å². The third kappa shape index (κ3) is 1.54. The lowest BCUT2D eigenvalue weighted by molar-refractivity contribution is 0.762. The van der Waals surface area contributed by atoms with Crippen LogP contribution in [0.1, 0.15) is 5.56 Å². The van der Waals surface area contributed by atoms with Gasteiger partial charge in [-0.25, -0.2) is 4.79 Å². The maximum absolute atomic E-state index is 11.3. The molecule has 0 amide bonds. The van der Waals surface area contributed by atoms with E-state index in [4.69, 9.17) is 0 Å². The molecule has 1 aromatic heterocycles. The Kier molecular flexibility index (Phi) is 2.10. The van der Waals surface area contributed by atoms with E-state index in [-0.39, 0.29) is 5.69 Å². The Labute approximate surface area is 80.9 Å². The highest BCUT2D eigenvalue weighted by Gasteiger charge is 1.98. The first-order valence-electron chi connectivity index (χ1n) is 4.25. The van der Waals surface area contributed by atoms with Gasteiger partial charge in [0.05, 0.1) is 18.1 Å². The molecule has 1 aromatic carbocycles. The summed E-state index contributed by atoms with van der Waals surface area (Å²) in [6.45, 7) is 1.99. The minimum absolute atomic E-state index is 0.364. The van der Waals surface area contributed by atoms with Gasteiger partial charge < -0.3 is 0 Å². The van der Waals surface area contributed by atoms with Crippen LogP contribution in [0.25, 0.3) is 5.69 Å². The Hall–Kier alpha value is -1.97. The second kappa shape index (κ2) is 3.41. The maximum Gasteiger partial charge on any atom is 0.368 e. The molecule has 0 aliphatic heterocycles. The fourth-order valence-corrected chi connectivity index (χ4v) is 1.16. The van der Waals surface area contributed by atoms with Crippen LogP contribution in [0, 0.1) is 6.92 Å². The summed E-state index contributed by atoms with van der Waals surface area (Å²) >= 11 is 0. The van der Waals surface area contributed by atoms with Crippen LogP contribution in [0.5, 0.6) is 0 Å². The molecule has 0 aliphatic carbocycles. The van der Waals surface area contributed by atoms with Crippen LogP contribution in [0.3, 0.4) is 0 Å². The summed E-state index contributed by atoms with van der Waals surface area (Å²) in [4.78, 5) is 14.9. The van der Waals surface area contributed by atoms with Crippen molar-refractivity contribution in [1.29, 1.82) is 0 Å². The van der Waals surface area contributed by atoms with E-state index >= 15 is 0 Å². The Bertz CT molecular complexity index is 487. The van der Waals surface area contributed by atoms with E-state index in [9.17, 15) is 4.79 Å². The molecule has 2 aromatic rings. The van der Waals surface area contributed by atoms with Gasteiger partial charge in [0.25, 0.3) is 0 Å². The summed E-state index contributed by atoms with van der Waals surface area (Å²) < 4.78 is 1.26. The maximum atomic E-state index is 11.3. The van der Waals surface area contributed by atoms with Crippen molar-refractivity contribution in [2.75, 3.05) is 0 Å². The molecule has 0 saturated carbocycles. The van der Waals surface area contributed by atoms with Crippen LogP contribution < -0.4 is 5.69 Å². The highest BCUT2D eigenvalue weighted by Crippen LogP contribution is 2.04. The number of aryl methyl sites for hydroxylation is 1. The van der Waals surface area contributed by atoms with Crippen LogP contribution in [-0.2, 0) is 0 Å². The zero-order valence-electron chi connectivity index (χ0n) is 7.71. The van der Waals surface area contributed by atoms with Gasteiger partial charge in [0.1, 0.15) is 0 Å². The van der Waals surface area contributed by atoms with Crippen molar-refractivity contribution in [1.82, 2.24) is 14.8 Å². The lowest BCUT2D eigenvalue weighted by Crippen LogP contribution is -2.22. The SMILES string of the molecule is Cc1ccc(-n2nccnc2=O)cc1. The van der Waals surface area contributed by atoms with Crippen LogP contribution >= 0.6 is 0 Å². The Morgan fingerprint density at radius 2 is 1.86 bits per heavy atom. The first kappa shape index (κ1) is 8.62. The molecule has 0 saturated heterocycles. The van der Waals surface area contributed by atoms with Gasteiger partial charge in [-0.3, -0.25) is 0 Å². The lowest BCUT2D eigenvalue weighted by atomic mass is 10.2. The van der Waals surface area contributed by atoms with E-state index < -0.39 is 0 Å². The minimum atomic E-state index is -0.364. The summed E-state index contributed by atoms with van der Waals surface area (Å²) in [7, 11) is 0. The first-order valence-corrected chi connectivity index (χ1v) is 4.25. The monoisotopic (exact) mass is 187 g/mol. The van der Waals surface area contributed by atoms with Gasteiger partial charge in [-0.15, -0.1) is 0 Å². The first-order chi connectivity index (χ1) is 6.77. The van der Waals surface area contributed by atoms with E-state index in [0.29, 0.717) is 0 Å². The third-order valence-electron chi connectivity index (χ3n) is 1.89. The van der Waals surface area contributed by atoms with Crippen LogP contribution in [0.4, 0.5) is 0 Å².